The summed E-state index contributed by atoms with van der Waals surface area (Å²) in [5.41, 5.74) is 5.44. The molecule has 2 atom stereocenters. The topological polar surface area (TPSA) is 80.9 Å². The monoisotopic (exact) mass is 240 g/mol. The first kappa shape index (κ1) is 11.3. The van der Waals surface area contributed by atoms with Crippen molar-refractivity contribution >= 4 is 22.4 Å². The minimum atomic E-state index is -0.145. The van der Waals surface area contributed by atoms with Crippen molar-refractivity contribution in [2.45, 2.75) is 38.6 Å². The molecule has 1 aliphatic carbocycles. The summed E-state index contributed by atoms with van der Waals surface area (Å²) >= 11 is 1.13. The molecule has 0 bridgehead atoms. The molecule has 2 unspecified atom stereocenters. The van der Waals surface area contributed by atoms with Crippen LogP contribution in [-0.2, 0) is 0 Å². The van der Waals surface area contributed by atoms with Gasteiger partial charge >= 0.3 is 0 Å². The van der Waals surface area contributed by atoms with E-state index in [1.165, 1.54) is 19.3 Å². The molecule has 3 N–H and O–H groups in total. The summed E-state index contributed by atoms with van der Waals surface area (Å²) in [6.07, 6.45) is 4.69. The molecule has 0 spiro atoms. The lowest BCUT2D eigenvalue weighted by atomic mass is 9.86. The Labute approximate surface area is 98.4 Å². The van der Waals surface area contributed by atoms with E-state index < -0.39 is 0 Å². The Morgan fingerprint density at radius 2 is 2.19 bits per heavy atom. The Morgan fingerprint density at radius 1 is 1.44 bits per heavy atom. The molecule has 6 heteroatoms. The van der Waals surface area contributed by atoms with Crippen LogP contribution in [-0.4, -0.2) is 22.1 Å². The van der Waals surface area contributed by atoms with Crippen molar-refractivity contribution in [3.63, 3.8) is 0 Å². The second-order valence-corrected chi connectivity index (χ2v) is 5.30. The third-order valence-electron chi connectivity index (χ3n) is 3.06. The van der Waals surface area contributed by atoms with Crippen molar-refractivity contribution in [3.8, 4) is 0 Å². The number of aromatic nitrogens is 2. The van der Waals surface area contributed by atoms with Crippen LogP contribution in [0.2, 0.25) is 0 Å². The maximum atomic E-state index is 11.8. The average molecular weight is 240 g/mol. The number of carbonyl (C=O) groups excluding carboxylic acids is 1. The third-order valence-corrected chi connectivity index (χ3v) is 3.81. The Kier molecular flexibility index (Phi) is 3.38. The Morgan fingerprint density at radius 3 is 2.81 bits per heavy atom. The largest absolute Gasteiger partial charge is 0.374 e. The lowest BCUT2D eigenvalue weighted by molar-refractivity contribution is 0.0909. The second kappa shape index (κ2) is 4.78. The number of hydrogen-bond donors (Lipinski definition) is 2. The SMILES string of the molecule is CC1CCCCC1NC(=O)c1nnc(N)s1. The van der Waals surface area contributed by atoms with Crippen molar-refractivity contribution < 1.29 is 4.79 Å². The molecule has 1 heterocycles. The normalized spacial score (nSPS) is 25.3. The highest BCUT2D eigenvalue weighted by Gasteiger charge is 2.24. The van der Waals surface area contributed by atoms with Crippen LogP contribution in [0.5, 0.6) is 0 Å². The van der Waals surface area contributed by atoms with Crippen molar-refractivity contribution in [3.05, 3.63) is 5.01 Å². The fourth-order valence-corrected chi connectivity index (χ4v) is 2.60. The van der Waals surface area contributed by atoms with Gasteiger partial charge in [0.1, 0.15) is 0 Å². The lowest BCUT2D eigenvalue weighted by Crippen LogP contribution is -2.41. The molecule has 2 rings (SSSR count). The van der Waals surface area contributed by atoms with Crippen molar-refractivity contribution in [2.75, 3.05) is 5.73 Å². The summed E-state index contributed by atoms with van der Waals surface area (Å²) < 4.78 is 0. The van der Waals surface area contributed by atoms with Crippen LogP contribution in [0.25, 0.3) is 0 Å². The van der Waals surface area contributed by atoms with Gasteiger partial charge in [0.25, 0.3) is 5.91 Å². The summed E-state index contributed by atoms with van der Waals surface area (Å²) in [5, 5.41) is 11.1. The number of anilines is 1. The lowest BCUT2D eigenvalue weighted by Gasteiger charge is -2.29. The number of carbonyl (C=O) groups is 1. The van der Waals surface area contributed by atoms with Crippen LogP contribution in [0.15, 0.2) is 0 Å². The maximum Gasteiger partial charge on any atom is 0.282 e. The van der Waals surface area contributed by atoms with Gasteiger partial charge in [0.2, 0.25) is 10.1 Å². The molecule has 1 amide bonds. The maximum absolute atomic E-state index is 11.8. The van der Waals surface area contributed by atoms with E-state index in [2.05, 4.69) is 22.4 Å². The van der Waals surface area contributed by atoms with Crippen LogP contribution in [0, 0.1) is 5.92 Å². The molecule has 1 fully saturated rings. The molecular formula is C10H16N4OS. The zero-order valence-corrected chi connectivity index (χ0v) is 10.1. The van der Waals surface area contributed by atoms with Crippen molar-refractivity contribution in [2.24, 2.45) is 5.92 Å². The van der Waals surface area contributed by atoms with Crippen LogP contribution in [0.3, 0.4) is 0 Å². The van der Waals surface area contributed by atoms with Crippen molar-refractivity contribution in [1.82, 2.24) is 15.5 Å². The van der Waals surface area contributed by atoms with E-state index in [0.717, 1.165) is 17.8 Å². The minimum Gasteiger partial charge on any atom is -0.374 e. The van der Waals surface area contributed by atoms with Gasteiger partial charge in [-0.15, -0.1) is 10.2 Å². The first-order valence-corrected chi connectivity index (χ1v) is 6.38. The van der Waals surface area contributed by atoms with E-state index in [4.69, 9.17) is 5.73 Å². The molecule has 1 aliphatic rings. The first-order chi connectivity index (χ1) is 7.66. The molecule has 0 radical (unpaired) electrons. The standard InChI is InChI=1S/C10H16N4OS/c1-6-4-2-3-5-7(6)12-8(15)9-13-14-10(11)16-9/h6-7H,2-5H2,1H3,(H2,11,14)(H,12,15). The van der Waals surface area contributed by atoms with E-state index in [9.17, 15) is 4.79 Å². The molecule has 5 nitrogen and oxygen atoms in total. The number of nitrogens with one attached hydrogen (secondary N) is 1. The van der Waals surface area contributed by atoms with Crippen LogP contribution >= 0.6 is 11.3 Å². The third kappa shape index (κ3) is 2.49. The highest BCUT2D eigenvalue weighted by molar-refractivity contribution is 7.16. The van der Waals surface area contributed by atoms with Gasteiger partial charge in [0.05, 0.1) is 0 Å². The number of nitrogens with two attached hydrogens (primary N) is 1. The molecule has 1 saturated carbocycles. The van der Waals surface area contributed by atoms with Crippen molar-refractivity contribution in [1.29, 1.82) is 0 Å². The zero-order chi connectivity index (χ0) is 11.5. The molecule has 0 aliphatic heterocycles. The van der Waals surface area contributed by atoms with E-state index in [-0.39, 0.29) is 11.9 Å². The molecule has 16 heavy (non-hydrogen) atoms. The summed E-state index contributed by atoms with van der Waals surface area (Å²) in [6, 6.07) is 0.270. The highest BCUT2D eigenvalue weighted by atomic mass is 32.1. The Hall–Kier alpha value is -1.17. The average Bonchev–Trinajstić information content (AvgIpc) is 2.68. The number of nitrogens with zero attached hydrogens (tertiary/aromatic N) is 2. The van der Waals surface area contributed by atoms with Gasteiger partial charge in [-0.05, 0) is 18.8 Å². The van der Waals surface area contributed by atoms with Crippen LogP contribution < -0.4 is 11.1 Å². The van der Waals surface area contributed by atoms with Gasteiger partial charge in [-0.2, -0.15) is 0 Å². The number of amides is 1. The summed E-state index contributed by atoms with van der Waals surface area (Å²) in [4.78, 5) is 11.8. The summed E-state index contributed by atoms with van der Waals surface area (Å²) in [5.74, 6) is 0.399. The first-order valence-electron chi connectivity index (χ1n) is 5.56. The predicted octanol–water partition coefficient (Wildman–Crippen LogP) is 1.43. The summed E-state index contributed by atoms with van der Waals surface area (Å²) in [7, 11) is 0. The summed E-state index contributed by atoms with van der Waals surface area (Å²) in [6.45, 7) is 2.18. The van der Waals surface area contributed by atoms with E-state index in [0.29, 0.717) is 16.1 Å². The highest BCUT2D eigenvalue weighted by Crippen LogP contribution is 2.24. The van der Waals surface area contributed by atoms with Gasteiger partial charge in [-0.1, -0.05) is 31.1 Å². The fraction of sp³-hybridized carbons (Fsp3) is 0.700. The minimum absolute atomic E-state index is 0.145. The van der Waals surface area contributed by atoms with E-state index in [1.54, 1.807) is 0 Å². The molecule has 0 aromatic carbocycles. The number of nitrogen functional groups attached to an aromatic ring is 1. The predicted molar refractivity (Wildman–Crippen MR) is 63.2 cm³/mol. The Balaban J connectivity index is 1.96. The van der Waals surface area contributed by atoms with E-state index >= 15 is 0 Å². The van der Waals surface area contributed by atoms with Gasteiger partial charge < -0.3 is 11.1 Å². The van der Waals surface area contributed by atoms with Gasteiger partial charge in [-0.25, -0.2) is 0 Å². The van der Waals surface area contributed by atoms with Crippen LogP contribution in [0.4, 0.5) is 5.13 Å². The molecular weight excluding hydrogens is 224 g/mol. The molecule has 1 aromatic heterocycles. The molecule has 88 valence electrons. The second-order valence-electron chi connectivity index (χ2n) is 4.29. The van der Waals surface area contributed by atoms with Gasteiger partial charge in [0, 0.05) is 6.04 Å². The van der Waals surface area contributed by atoms with Gasteiger partial charge in [0.15, 0.2) is 0 Å². The smallest absolute Gasteiger partial charge is 0.282 e. The fourth-order valence-electron chi connectivity index (χ4n) is 2.09. The van der Waals surface area contributed by atoms with E-state index in [1.807, 2.05) is 0 Å². The van der Waals surface area contributed by atoms with Gasteiger partial charge in [-0.3, -0.25) is 4.79 Å². The molecule has 0 saturated heterocycles. The number of rotatable bonds is 2. The molecule has 1 aromatic rings. The number of hydrogen-bond acceptors (Lipinski definition) is 5. The Bertz CT molecular complexity index is 379. The quantitative estimate of drug-likeness (QED) is 0.819. The van der Waals surface area contributed by atoms with Crippen LogP contribution in [0.1, 0.15) is 42.4 Å². The zero-order valence-electron chi connectivity index (χ0n) is 9.27.